The highest BCUT2D eigenvalue weighted by atomic mass is 16.4. The van der Waals surface area contributed by atoms with Crippen LogP contribution in [0.1, 0.15) is 22.6 Å². The summed E-state index contributed by atoms with van der Waals surface area (Å²) in [7, 11) is 0. The summed E-state index contributed by atoms with van der Waals surface area (Å²) in [5.74, 6) is 0.168. The van der Waals surface area contributed by atoms with E-state index in [0.29, 0.717) is 11.0 Å². The van der Waals surface area contributed by atoms with Gasteiger partial charge in [-0.05, 0) is 57.8 Å². The molecule has 3 heteroatoms. The van der Waals surface area contributed by atoms with Gasteiger partial charge in [0.2, 0.25) is 0 Å². The summed E-state index contributed by atoms with van der Waals surface area (Å²) in [6, 6.07) is 41.2. The van der Waals surface area contributed by atoms with Crippen molar-refractivity contribution < 1.29 is 4.42 Å². The highest BCUT2D eigenvalue weighted by Crippen LogP contribution is 2.37. The summed E-state index contributed by atoms with van der Waals surface area (Å²) >= 11 is 0. The van der Waals surface area contributed by atoms with E-state index in [0.717, 1.165) is 45.3 Å². The molecule has 2 heterocycles. The van der Waals surface area contributed by atoms with E-state index < -0.39 is 0 Å². The van der Waals surface area contributed by atoms with Crippen LogP contribution in [-0.2, 0) is 6.42 Å². The molecule has 0 amide bonds. The second-order valence-electron chi connectivity index (χ2n) is 9.52. The number of nitrogens with zero attached hydrogens (tertiary/aromatic N) is 1. The second-order valence-corrected chi connectivity index (χ2v) is 9.52. The third kappa shape index (κ3) is 3.76. The number of hydrogen-bond donors (Lipinski definition) is 0. The molecule has 1 atom stereocenters. The molecule has 1 aliphatic heterocycles. The molecule has 176 valence electrons. The van der Waals surface area contributed by atoms with Gasteiger partial charge < -0.3 is 4.42 Å². The minimum absolute atomic E-state index is 0.168. The summed E-state index contributed by atoms with van der Waals surface area (Å²) < 4.78 is 5.58. The van der Waals surface area contributed by atoms with Crippen LogP contribution in [-0.4, -0.2) is 5.71 Å². The predicted molar refractivity (Wildman–Crippen MR) is 151 cm³/mol. The molecule has 0 spiro atoms. The van der Waals surface area contributed by atoms with Crippen molar-refractivity contribution in [1.82, 2.24) is 0 Å². The van der Waals surface area contributed by atoms with Gasteiger partial charge in [0.05, 0.1) is 16.8 Å². The van der Waals surface area contributed by atoms with E-state index in [2.05, 4.69) is 72.8 Å². The standard InChI is InChI=1S/C34H23NO2/c36-34-30-20-25(18-19-27(30)28-11-5-7-13-32(28)37-34)22-14-16-23(17-15-22)29-21-26-10-4-6-12-31(26)35-33(29)24-8-2-1-3-9-24/h1-20,29H,21H2. The Hall–Kier alpha value is -4.76. The first-order valence-corrected chi connectivity index (χ1v) is 12.5. The van der Waals surface area contributed by atoms with Crippen LogP contribution >= 0.6 is 0 Å². The van der Waals surface area contributed by atoms with Crippen molar-refractivity contribution in [3.05, 3.63) is 148 Å². The van der Waals surface area contributed by atoms with Crippen LogP contribution in [0.3, 0.4) is 0 Å². The highest BCUT2D eigenvalue weighted by Gasteiger charge is 2.25. The van der Waals surface area contributed by atoms with Gasteiger partial charge in [-0.1, -0.05) is 103 Å². The summed E-state index contributed by atoms with van der Waals surface area (Å²) in [6.07, 6.45) is 0.910. The van der Waals surface area contributed by atoms with E-state index in [9.17, 15) is 4.79 Å². The SMILES string of the molecule is O=c1oc2ccccc2c2ccc(-c3ccc(C4Cc5ccccc5N=C4c4ccccc4)cc3)cc12. The maximum absolute atomic E-state index is 12.7. The van der Waals surface area contributed by atoms with E-state index in [1.165, 1.54) is 11.1 Å². The maximum atomic E-state index is 12.7. The van der Waals surface area contributed by atoms with Crippen molar-refractivity contribution >= 4 is 33.1 Å². The van der Waals surface area contributed by atoms with E-state index in [4.69, 9.17) is 9.41 Å². The van der Waals surface area contributed by atoms with Gasteiger partial charge in [0.25, 0.3) is 0 Å². The molecule has 1 unspecified atom stereocenters. The summed E-state index contributed by atoms with van der Waals surface area (Å²) in [5.41, 5.74) is 8.16. The number of fused-ring (bicyclic) bond motifs is 4. The molecule has 0 aliphatic carbocycles. The Morgan fingerprint density at radius 1 is 0.622 bits per heavy atom. The summed E-state index contributed by atoms with van der Waals surface area (Å²) in [4.78, 5) is 17.8. The van der Waals surface area contributed by atoms with E-state index in [1.54, 1.807) is 0 Å². The molecule has 1 aromatic heterocycles. The Morgan fingerprint density at radius 2 is 1.35 bits per heavy atom. The summed E-state index contributed by atoms with van der Waals surface area (Å²) in [6.45, 7) is 0. The average molecular weight is 478 g/mol. The number of hydrogen-bond acceptors (Lipinski definition) is 3. The van der Waals surface area contributed by atoms with Crippen LogP contribution < -0.4 is 5.63 Å². The molecule has 1 aliphatic rings. The first-order valence-electron chi connectivity index (χ1n) is 12.5. The zero-order valence-corrected chi connectivity index (χ0v) is 20.1. The Balaban J connectivity index is 1.28. The molecule has 0 bridgehead atoms. The number of para-hydroxylation sites is 2. The number of benzene rings is 5. The van der Waals surface area contributed by atoms with Crippen LogP contribution in [0, 0.1) is 0 Å². The zero-order chi connectivity index (χ0) is 24.8. The fourth-order valence-corrected chi connectivity index (χ4v) is 5.44. The van der Waals surface area contributed by atoms with Crippen LogP contribution in [0.25, 0.3) is 32.9 Å². The lowest BCUT2D eigenvalue weighted by molar-refractivity contribution is 0.569. The third-order valence-corrected chi connectivity index (χ3v) is 7.32. The molecule has 0 radical (unpaired) electrons. The highest BCUT2D eigenvalue weighted by molar-refractivity contribution is 6.08. The van der Waals surface area contributed by atoms with E-state index in [-0.39, 0.29) is 11.5 Å². The molecule has 6 aromatic rings. The minimum atomic E-state index is -0.309. The van der Waals surface area contributed by atoms with Gasteiger partial charge in [-0.3, -0.25) is 4.99 Å². The molecule has 0 fully saturated rings. The monoisotopic (exact) mass is 477 g/mol. The Bertz CT molecular complexity index is 1860. The van der Waals surface area contributed by atoms with Gasteiger partial charge in [0, 0.05) is 11.3 Å². The Labute approximate surface area is 214 Å². The second kappa shape index (κ2) is 8.72. The van der Waals surface area contributed by atoms with Crippen molar-refractivity contribution in [3.8, 4) is 11.1 Å². The largest absolute Gasteiger partial charge is 0.422 e. The quantitative estimate of drug-likeness (QED) is 0.191. The van der Waals surface area contributed by atoms with Crippen molar-refractivity contribution in [1.29, 1.82) is 0 Å². The lowest BCUT2D eigenvalue weighted by atomic mass is 9.82. The molecule has 0 saturated carbocycles. The van der Waals surface area contributed by atoms with E-state index >= 15 is 0 Å². The van der Waals surface area contributed by atoms with Crippen LogP contribution in [0.2, 0.25) is 0 Å². The smallest absolute Gasteiger partial charge is 0.344 e. The van der Waals surface area contributed by atoms with E-state index in [1.807, 2.05) is 48.5 Å². The molecule has 0 N–H and O–H groups in total. The molecular formula is C34H23NO2. The molecular weight excluding hydrogens is 454 g/mol. The average Bonchev–Trinajstić information content (AvgIpc) is 2.97. The van der Waals surface area contributed by atoms with Crippen LogP contribution in [0.4, 0.5) is 5.69 Å². The van der Waals surface area contributed by atoms with Crippen molar-refractivity contribution in [2.24, 2.45) is 4.99 Å². The molecule has 37 heavy (non-hydrogen) atoms. The lowest BCUT2D eigenvalue weighted by Gasteiger charge is -2.26. The van der Waals surface area contributed by atoms with Crippen molar-refractivity contribution in [2.75, 3.05) is 0 Å². The molecule has 7 rings (SSSR count). The molecule has 5 aromatic carbocycles. The van der Waals surface area contributed by atoms with Crippen LogP contribution in [0.15, 0.2) is 136 Å². The fraction of sp³-hybridized carbons (Fsp3) is 0.0588. The van der Waals surface area contributed by atoms with Gasteiger partial charge in [-0.15, -0.1) is 0 Å². The van der Waals surface area contributed by atoms with Gasteiger partial charge in [0.15, 0.2) is 0 Å². The first-order chi connectivity index (χ1) is 18.2. The van der Waals surface area contributed by atoms with Gasteiger partial charge in [0.1, 0.15) is 5.58 Å². The predicted octanol–water partition coefficient (Wildman–Crippen LogP) is 8.07. The maximum Gasteiger partial charge on any atom is 0.344 e. The van der Waals surface area contributed by atoms with Gasteiger partial charge in [-0.25, -0.2) is 4.79 Å². The van der Waals surface area contributed by atoms with Gasteiger partial charge >= 0.3 is 5.63 Å². The van der Waals surface area contributed by atoms with Crippen LogP contribution in [0.5, 0.6) is 0 Å². The first kappa shape index (κ1) is 21.5. The summed E-state index contributed by atoms with van der Waals surface area (Å²) in [5, 5.41) is 2.46. The minimum Gasteiger partial charge on any atom is -0.422 e. The fourth-order valence-electron chi connectivity index (χ4n) is 5.44. The topological polar surface area (TPSA) is 42.6 Å². The van der Waals surface area contributed by atoms with Crippen molar-refractivity contribution in [2.45, 2.75) is 12.3 Å². The van der Waals surface area contributed by atoms with Crippen molar-refractivity contribution in [3.63, 3.8) is 0 Å². The Kier molecular flexibility index (Phi) is 5.07. The zero-order valence-electron chi connectivity index (χ0n) is 20.1. The molecule has 3 nitrogen and oxygen atoms in total. The number of aliphatic imine (C=N–C) groups is 1. The number of rotatable bonds is 3. The normalized spacial score (nSPS) is 14.9. The van der Waals surface area contributed by atoms with Gasteiger partial charge in [-0.2, -0.15) is 0 Å². The lowest BCUT2D eigenvalue weighted by Crippen LogP contribution is -2.20. The Morgan fingerprint density at radius 3 is 2.22 bits per heavy atom. The third-order valence-electron chi connectivity index (χ3n) is 7.32. The molecule has 0 saturated heterocycles.